The number of nitrogen functional groups attached to an aromatic ring is 1. The van der Waals surface area contributed by atoms with E-state index in [0.29, 0.717) is 50.3 Å². The first kappa shape index (κ1) is 22.8. The lowest BCUT2D eigenvalue weighted by Crippen LogP contribution is -2.30. The summed E-state index contributed by atoms with van der Waals surface area (Å²) >= 11 is 0. The summed E-state index contributed by atoms with van der Waals surface area (Å²) in [6.07, 6.45) is 3.22. The number of carbonyl (C=O) groups excluding carboxylic acids is 1. The number of benzene rings is 2. The van der Waals surface area contributed by atoms with Crippen molar-refractivity contribution in [1.29, 1.82) is 0 Å². The lowest BCUT2D eigenvalue weighted by Gasteiger charge is -2.23. The van der Waals surface area contributed by atoms with Gasteiger partial charge in [0.2, 0.25) is 0 Å². The lowest BCUT2D eigenvalue weighted by molar-refractivity contribution is 0.102. The largest absolute Gasteiger partial charge is 0.507 e. The first-order valence-electron chi connectivity index (χ1n) is 12.0. The van der Waals surface area contributed by atoms with Crippen LogP contribution in [0.4, 0.5) is 11.5 Å². The molecule has 1 saturated heterocycles. The molecule has 3 aromatic heterocycles. The van der Waals surface area contributed by atoms with Crippen LogP contribution in [0.1, 0.15) is 29.4 Å². The minimum atomic E-state index is -0.348. The van der Waals surface area contributed by atoms with E-state index in [4.69, 9.17) is 15.6 Å². The van der Waals surface area contributed by atoms with E-state index < -0.39 is 0 Å². The number of fused-ring (bicyclic) bond motifs is 2. The average Bonchev–Trinajstić information content (AvgIpc) is 3.53. The Labute approximate surface area is 211 Å². The van der Waals surface area contributed by atoms with Gasteiger partial charge < -0.3 is 31.2 Å². The molecule has 2 aromatic carbocycles. The number of carbonyl (C=O) groups is 1. The Morgan fingerprint density at radius 1 is 1.19 bits per heavy atom. The van der Waals surface area contributed by atoms with Gasteiger partial charge in [0.15, 0.2) is 5.65 Å². The second-order valence-corrected chi connectivity index (χ2v) is 8.99. The van der Waals surface area contributed by atoms with Crippen LogP contribution in [0.3, 0.4) is 0 Å². The van der Waals surface area contributed by atoms with Crippen LogP contribution in [0, 0.1) is 0 Å². The third-order valence-electron chi connectivity index (χ3n) is 6.79. The quantitative estimate of drug-likeness (QED) is 0.247. The summed E-state index contributed by atoms with van der Waals surface area (Å²) < 4.78 is 7.23. The predicted octanol–water partition coefficient (Wildman–Crippen LogP) is 3.45. The normalized spacial score (nSPS) is 14.3. The van der Waals surface area contributed by atoms with E-state index in [9.17, 15) is 9.90 Å². The van der Waals surface area contributed by atoms with Crippen LogP contribution in [-0.4, -0.2) is 55.9 Å². The number of H-pyrrole nitrogens is 1. The third-order valence-corrected chi connectivity index (χ3v) is 6.79. The second-order valence-electron chi connectivity index (χ2n) is 8.99. The predicted molar refractivity (Wildman–Crippen MR) is 141 cm³/mol. The number of phenols is 1. The SMILES string of the molecule is COc1ccccc1NC(=O)c1cc2c(-c3nn(C4CCNCC4)c4ncnc(N)c34)c(O)ccc2[nH]1. The van der Waals surface area contributed by atoms with Crippen molar-refractivity contribution in [1.82, 2.24) is 30.0 Å². The number of nitrogens with one attached hydrogen (secondary N) is 3. The number of para-hydroxylation sites is 2. The van der Waals surface area contributed by atoms with E-state index in [2.05, 4.69) is 25.6 Å². The number of hydrogen-bond donors (Lipinski definition) is 5. The van der Waals surface area contributed by atoms with Gasteiger partial charge in [-0.1, -0.05) is 12.1 Å². The van der Waals surface area contributed by atoms with Crippen LogP contribution in [-0.2, 0) is 0 Å². The molecule has 1 aliphatic heterocycles. The molecule has 37 heavy (non-hydrogen) atoms. The van der Waals surface area contributed by atoms with Crippen LogP contribution >= 0.6 is 0 Å². The number of aromatic amines is 1. The molecule has 0 bridgehead atoms. The van der Waals surface area contributed by atoms with Crippen LogP contribution in [0.15, 0.2) is 48.8 Å². The van der Waals surface area contributed by atoms with Gasteiger partial charge in [-0.05, 0) is 56.3 Å². The molecule has 6 N–H and O–H groups in total. The Morgan fingerprint density at radius 3 is 2.81 bits per heavy atom. The number of amides is 1. The van der Waals surface area contributed by atoms with E-state index in [-0.39, 0.29) is 23.5 Å². The first-order valence-corrected chi connectivity index (χ1v) is 12.0. The number of aromatic nitrogens is 5. The maximum atomic E-state index is 13.1. The number of ether oxygens (including phenoxy) is 1. The highest BCUT2D eigenvalue weighted by atomic mass is 16.5. The maximum Gasteiger partial charge on any atom is 0.272 e. The molecule has 1 amide bonds. The molecular formula is C26H26N8O3. The fourth-order valence-corrected chi connectivity index (χ4v) is 4.98. The van der Waals surface area contributed by atoms with E-state index in [0.717, 1.165) is 25.9 Å². The van der Waals surface area contributed by atoms with Crippen molar-refractivity contribution in [3.05, 3.63) is 54.5 Å². The summed E-state index contributed by atoms with van der Waals surface area (Å²) in [5, 5.41) is 23.4. The molecule has 0 spiro atoms. The Hall–Kier alpha value is -4.64. The molecule has 188 valence electrons. The van der Waals surface area contributed by atoms with Crippen molar-refractivity contribution in [2.24, 2.45) is 0 Å². The fraction of sp³-hybridized carbons (Fsp3) is 0.231. The lowest BCUT2D eigenvalue weighted by atomic mass is 10.0. The van der Waals surface area contributed by atoms with Gasteiger partial charge in [0.05, 0.1) is 29.8 Å². The smallest absolute Gasteiger partial charge is 0.272 e. The van der Waals surface area contributed by atoms with Gasteiger partial charge in [-0.2, -0.15) is 5.10 Å². The van der Waals surface area contributed by atoms with Gasteiger partial charge >= 0.3 is 0 Å². The van der Waals surface area contributed by atoms with Crippen molar-refractivity contribution >= 4 is 39.3 Å². The van der Waals surface area contributed by atoms with Crippen LogP contribution < -0.4 is 21.1 Å². The van der Waals surface area contributed by atoms with Gasteiger partial charge in [-0.25, -0.2) is 14.6 Å². The summed E-state index contributed by atoms with van der Waals surface area (Å²) in [7, 11) is 1.55. The number of piperidine rings is 1. The molecule has 1 fully saturated rings. The number of anilines is 2. The van der Waals surface area contributed by atoms with Crippen LogP contribution in [0.5, 0.6) is 11.5 Å². The number of phenolic OH excluding ortho intramolecular Hbond substituents is 1. The molecule has 11 heteroatoms. The van der Waals surface area contributed by atoms with E-state index in [1.54, 1.807) is 37.4 Å². The van der Waals surface area contributed by atoms with E-state index in [1.165, 1.54) is 6.33 Å². The Morgan fingerprint density at radius 2 is 2.00 bits per heavy atom. The molecule has 1 aliphatic rings. The number of aromatic hydroxyl groups is 1. The number of nitrogens with zero attached hydrogens (tertiary/aromatic N) is 4. The molecule has 4 heterocycles. The Kier molecular flexibility index (Phi) is 5.61. The first-order chi connectivity index (χ1) is 18.0. The third kappa shape index (κ3) is 3.89. The summed E-state index contributed by atoms with van der Waals surface area (Å²) in [5.41, 5.74) is 9.41. The molecule has 5 aromatic rings. The molecule has 0 unspecified atom stereocenters. The zero-order chi connectivity index (χ0) is 25.5. The Bertz CT molecular complexity index is 1630. The van der Waals surface area contributed by atoms with Crippen molar-refractivity contribution in [3.8, 4) is 22.8 Å². The maximum absolute atomic E-state index is 13.1. The van der Waals surface area contributed by atoms with Crippen molar-refractivity contribution in [2.75, 3.05) is 31.2 Å². The highest BCUT2D eigenvalue weighted by molar-refractivity contribution is 6.11. The van der Waals surface area contributed by atoms with Gasteiger partial charge in [0.1, 0.15) is 35.0 Å². The van der Waals surface area contributed by atoms with Crippen molar-refractivity contribution in [3.63, 3.8) is 0 Å². The zero-order valence-corrected chi connectivity index (χ0v) is 20.2. The molecule has 6 rings (SSSR count). The summed E-state index contributed by atoms with van der Waals surface area (Å²) in [5.74, 6) is 0.499. The van der Waals surface area contributed by atoms with Gasteiger partial charge in [-0.15, -0.1) is 0 Å². The monoisotopic (exact) mass is 498 g/mol. The Balaban J connectivity index is 1.48. The van der Waals surface area contributed by atoms with E-state index in [1.807, 2.05) is 16.8 Å². The minimum absolute atomic E-state index is 0.0169. The summed E-state index contributed by atoms with van der Waals surface area (Å²) in [6.45, 7) is 1.76. The van der Waals surface area contributed by atoms with Crippen LogP contribution in [0.25, 0.3) is 33.2 Å². The zero-order valence-electron chi connectivity index (χ0n) is 20.2. The number of rotatable bonds is 5. The minimum Gasteiger partial charge on any atom is -0.507 e. The van der Waals surface area contributed by atoms with Crippen LogP contribution in [0.2, 0.25) is 0 Å². The van der Waals surface area contributed by atoms with Crippen molar-refractivity contribution in [2.45, 2.75) is 18.9 Å². The standard InChI is InChI=1S/C26H26N8O3/c1-37-20-5-3-2-4-17(20)32-26(36)18-12-15-16(31-18)6-7-19(35)21(15)23-22-24(27)29-13-30-25(22)34(33-23)14-8-10-28-11-9-14/h2-7,12-14,28,31,35H,8-11H2,1H3,(H,32,36)(H2,27,29,30). The highest BCUT2D eigenvalue weighted by Crippen LogP contribution is 2.41. The van der Waals surface area contributed by atoms with Gasteiger partial charge in [-0.3, -0.25) is 4.79 Å². The number of methoxy groups -OCH3 is 1. The number of hydrogen-bond acceptors (Lipinski definition) is 8. The molecule has 0 saturated carbocycles. The molecule has 0 atom stereocenters. The molecule has 11 nitrogen and oxygen atoms in total. The summed E-state index contributed by atoms with van der Waals surface area (Å²) in [6, 6.07) is 12.3. The van der Waals surface area contributed by atoms with Crippen molar-refractivity contribution < 1.29 is 14.6 Å². The average molecular weight is 499 g/mol. The molecule has 0 radical (unpaired) electrons. The summed E-state index contributed by atoms with van der Waals surface area (Å²) in [4.78, 5) is 25.0. The number of nitrogens with two attached hydrogens (primary N) is 1. The van der Waals surface area contributed by atoms with Gasteiger partial charge in [0, 0.05) is 10.9 Å². The van der Waals surface area contributed by atoms with E-state index >= 15 is 0 Å². The topological polar surface area (TPSA) is 156 Å². The molecular weight excluding hydrogens is 472 g/mol. The fourth-order valence-electron chi connectivity index (χ4n) is 4.98. The molecule has 0 aliphatic carbocycles. The van der Waals surface area contributed by atoms with Gasteiger partial charge in [0.25, 0.3) is 5.91 Å². The second kappa shape index (κ2) is 9.10. The highest BCUT2D eigenvalue weighted by Gasteiger charge is 2.26.